The predicted molar refractivity (Wildman–Crippen MR) is 131 cm³/mol. The number of nitriles is 2. The molecule has 0 aromatic heterocycles. The topological polar surface area (TPSA) is 56.8 Å². The fourth-order valence-electron chi connectivity index (χ4n) is 3.90. The monoisotopic (exact) mass is 488 g/mol. The van der Waals surface area contributed by atoms with Crippen LogP contribution in [0.5, 0.6) is 0 Å². The second kappa shape index (κ2) is 10.7. The molecule has 0 bridgehead atoms. The van der Waals surface area contributed by atoms with Crippen molar-refractivity contribution in [3.63, 3.8) is 0 Å². The Kier molecular flexibility index (Phi) is 7.47. The number of nitrogens with zero attached hydrogens (tertiary/aromatic N) is 2. The minimum Gasteiger partial charge on any atom is -0.364 e. The van der Waals surface area contributed by atoms with Crippen LogP contribution in [0.15, 0.2) is 90.3 Å². The zero-order valence-corrected chi connectivity index (χ0v) is 19.5. The first-order chi connectivity index (χ1) is 16.9. The van der Waals surface area contributed by atoms with Gasteiger partial charge in [-0.1, -0.05) is 62.9 Å². The number of alkyl halides is 3. The number of hydrogen-bond acceptors (Lipinski definition) is 3. The first-order valence-electron chi connectivity index (χ1n) is 10.8. The molecule has 3 aromatic rings. The van der Waals surface area contributed by atoms with Gasteiger partial charge in [0.05, 0.1) is 35.4 Å². The molecule has 0 radical (unpaired) electrons. The highest BCUT2D eigenvalue weighted by molar-refractivity contribution is 7.42. The number of rotatable bonds is 6. The van der Waals surface area contributed by atoms with Gasteiger partial charge in [-0.15, -0.1) is 0 Å². The van der Waals surface area contributed by atoms with E-state index in [1.807, 2.05) is 24.3 Å². The van der Waals surface area contributed by atoms with Gasteiger partial charge >= 0.3 is 6.18 Å². The third kappa shape index (κ3) is 5.69. The summed E-state index contributed by atoms with van der Waals surface area (Å²) in [6, 6.07) is 21.3. The highest BCUT2D eigenvalue weighted by atomic mass is 31.1. The summed E-state index contributed by atoms with van der Waals surface area (Å²) in [6.07, 6.45) is -0.125. The van der Waals surface area contributed by atoms with Crippen LogP contribution in [0.1, 0.15) is 33.9 Å². The van der Waals surface area contributed by atoms with Gasteiger partial charge in [0.25, 0.3) is 0 Å². The van der Waals surface area contributed by atoms with E-state index in [0.29, 0.717) is 19.7 Å². The Bertz CT molecular complexity index is 1360. The van der Waals surface area contributed by atoms with Gasteiger partial charge in [-0.05, 0) is 58.8 Å². The summed E-state index contributed by atoms with van der Waals surface area (Å²) >= 11 is 0. The molecule has 0 N–H and O–H groups in total. The lowest BCUT2D eigenvalue weighted by Crippen LogP contribution is -2.10. The molecular weight excluding hydrogens is 468 g/mol. The summed E-state index contributed by atoms with van der Waals surface area (Å²) in [4.78, 5) is 0. The third-order valence-corrected chi connectivity index (χ3v) is 6.62. The molecule has 0 fully saturated rings. The summed E-state index contributed by atoms with van der Waals surface area (Å²) in [5, 5.41) is 18.6. The fourth-order valence-corrected chi connectivity index (χ4v) is 4.76. The van der Waals surface area contributed by atoms with Crippen molar-refractivity contribution < 1.29 is 17.9 Å². The Balaban J connectivity index is 1.75. The van der Waals surface area contributed by atoms with Gasteiger partial charge in [0.15, 0.2) is 0 Å². The molecule has 1 heterocycles. The minimum absolute atomic E-state index is 0.0423. The molecule has 1 aliphatic heterocycles. The van der Waals surface area contributed by atoms with Gasteiger partial charge in [-0.2, -0.15) is 23.7 Å². The SMILES string of the molecule is N#Cc1ccc(COC(C2=CPCC=C2)c2ccc(C#N)c(-c3ccccc3C(F)(F)F)c2)cc1. The van der Waals surface area contributed by atoms with Crippen LogP contribution in [0.3, 0.4) is 0 Å². The lowest BCUT2D eigenvalue weighted by atomic mass is 9.91. The van der Waals surface area contributed by atoms with E-state index in [4.69, 9.17) is 10.00 Å². The van der Waals surface area contributed by atoms with E-state index in [0.717, 1.165) is 23.4 Å². The molecule has 4 rings (SSSR count). The zero-order valence-electron chi connectivity index (χ0n) is 18.5. The van der Waals surface area contributed by atoms with Crippen LogP contribution in [0.25, 0.3) is 11.1 Å². The standard InChI is InChI=1S/C28H20F3N2OP/c29-28(30,31)26-6-2-1-5-24(26)25-14-21(11-12-22(25)16-33)27(23-4-3-13-35-18-23)34-17-20-9-7-19(15-32)8-10-20/h1-12,14,18,27,35H,13,17H2. The number of benzene rings is 3. The molecule has 0 amide bonds. The second-order valence-corrected chi connectivity index (χ2v) is 9.02. The maximum Gasteiger partial charge on any atom is 0.417 e. The first kappa shape index (κ1) is 24.4. The van der Waals surface area contributed by atoms with Crippen LogP contribution in [0, 0.1) is 22.7 Å². The molecule has 3 nitrogen and oxygen atoms in total. The molecular formula is C28H20F3N2OP. The van der Waals surface area contributed by atoms with Crippen LogP contribution in [-0.2, 0) is 17.5 Å². The van der Waals surface area contributed by atoms with Crippen molar-refractivity contribution in [2.24, 2.45) is 0 Å². The van der Waals surface area contributed by atoms with Crippen molar-refractivity contribution >= 4 is 8.58 Å². The van der Waals surface area contributed by atoms with E-state index in [1.54, 1.807) is 30.3 Å². The first-order valence-corrected chi connectivity index (χ1v) is 12.1. The van der Waals surface area contributed by atoms with E-state index in [1.165, 1.54) is 18.2 Å². The van der Waals surface area contributed by atoms with E-state index < -0.39 is 17.8 Å². The largest absolute Gasteiger partial charge is 0.417 e. The third-order valence-electron chi connectivity index (χ3n) is 5.61. The smallest absolute Gasteiger partial charge is 0.364 e. The van der Waals surface area contributed by atoms with Crippen molar-refractivity contribution in [2.45, 2.75) is 18.9 Å². The maximum absolute atomic E-state index is 13.7. The molecule has 0 spiro atoms. The summed E-state index contributed by atoms with van der Waals surface area (Å²) < 4.78 is 47.5. The average Bonchev–Trinajstić information content (AvgIpc) is 2.89. The van der Waals surface area contributed by atoms with Gasteiger partial charge in [-0.25, -0.2) is 0 Å². The van der Waals surface area contributed by atoms with Crippen LogP contribution in [0.2, 0.25) is 0 Å². The van der Waals surface area contributed by atoms with Crippen molar-refractivity contribution in [3.8, 4) is 23.3 Å². The van der Waals surface area contributed by atoms with Crippen LogP contribution in [-0.4, -0.2) is 6.16 Å². The van der Waals surface area contributed by atoms with Crippen LogP contribution < -0.4 is 0 Å². The Morgan fingerprint density at radius 1 is 0.943 bits per heavy atom. The van der Waals surface area contributed by atoms with E-state index in [9.17, 15) is 18.4 Å². The molecule has 1 aliphatic rings. The van der Waals surface area contributed by atoms with Gasteiger partial charge < -0.3 is 4.74 Å². The minimum atomic E-state index is -4.55. The fraction of sp³-hybridized carbons (Fsp3) is 0.143. The number of allylic oxidation sites excluding steroid dienone is 1. The molecule has 35 heavy (non-hydrogen) atoms. The van der Waals surface area contributed by atoms with E-state index in [2.05, 4.69) is 18.0 Å². The molecule has 174 valence electrons. The van der Waals surface area contributed by atoms with Gasteiger partial charge in [0, 0.05) is 5.56 Å². The van der Waals surface area contributed by atoms with Crippen molar-refractivity contribution in [2.75, 3.05) is 6.16 Å². The van der Waals surface area contributed by atoms with Crippen LogP contribution >= 0.6 is 8.58 Å². The maximum atomic E-state index is 13.7. The highest BCUT2D eigenvalue weighted by Crippen LogP contribution is 2.40. The lowest BCUT2D eigenvalue weighted by Gasteiger charge is -2.23. The molecule has 0 aliphatic carbocycles. The van der Waals surface area contributed by atoms with Crippen molar-refractivity contribution in [1.29, 1.82) is 10.5 Å². The highest BCUT2D eigenvalue weighted by Gasteiger charge is 2.34. The Morgan fingerprint density at radius 2 is 1.71 bits per heavy atom. The second-order valence-electron chi connectivity index (χ2n) is 7.91. The van der Waals surface area contributed by atoms with Crippen LogP contribution in [0.4, 0.5) is 13.2 Å². The molecule has 0 saturated carbocycles. The molecule has 0 saturated heterocycles. The number of hydrogen-bond donors (Lipinski definition) is 0. The summed E-state index contributed by atoms with van der Waals surface area (Å²) in [5.74, 6) is 2.09. The summed E-state index contributed by atoms with van der Waals surface area (Å²) in [5.41, 5.74) is 2.54. The van der Waals surface area contributed by atoms with E-state index >= 15 is 0 Å². The Hall–Kier alpha value is -3.70. The molecule has 2 atom stereocenters. The molecule has 2 unspecified atom stereocenters. The summed E-state index contributed by atoms with van der Waals surface area (Å²) in [7, 11) is 0.581. The lowest BCUT2D eigenvalue weighted by molar-refractivity contribution is -0.137. The average molecular weight is 488 g/mol. The quantitative estimate of drug-likeness (QED) is 0.338. The van der Waals surface area contributed by atoms with Gasteiger partial charge in [-0.3, -0.25) is 0 Å². The molecule has 7 heteroatoms. The van der Waals surface area contributed by atoms with Crippen molar-refractivity contribution in [3.05, 3.63) is 118 Å². The normalized spacial score (nSPS) is 14.7. The zero-order chi connectivity index (χ0) is 24.8. The Morgan fingerprint density at radius 3 is 2.37 bits per heavy atom. The number of halogens is 3. The molecule has 3 aromatic carbocycles. The number of ether oxygens (including phenoxy) is 1. The van der Waals surface area contributed by atoms with Gasteiger partial charge in [0.1, 0.15) is 6.10 Å². The van der Waals surface area contributed by atoms with Crippen molar-refractivity contribution in [1.82, 2.24) is 0 Å². The Labute approximate surface area is 203 Å². The summed E-state index contributed by atoms with van der Waals surface area (Å²) in [6.45, 7) is 0.249. The predicted octanol–water partition coefficient (Wildman–Crippen LogP) is 7.51. The van der Waals surface area contributed by atoms with Gasteiger partial charge in [0.2, 0.25) is 0 Å². The van der Waals surface area contributed by atoms with E-state index in [-0.39, 0.29) is 23.3 Å².